The highest BCUT2D eigenvalue weighted by molar-refractivity contribution is 7.17. The van der Waals surface area contributed by atoms with E-state index in [1.807, 2.05) is 6.07 Å². The first-order valence-corrected chi connectivity index (χ1v) is 8.41. The summed E-state index contributed by atoms with van der Waals surface area (Å²) >= 11 is 1.03. The van der Waals surface area contributed by atoms with Gasteiger partial charge in [-0.2, -0.15) is 5.26 Å². The van der Waals surface area contributed by atoms with Crippen molar-refractivity contribution in [2.24, 2.45) is 0 Å². The number of urea groups is 1. The van der Waals surface area contributed by atoms with Crippen LogP contribution in [0.1, 0.15) is 5.56 Å². The van der Waals surface area contributed by atoms with Crippen molar-refractivity contribution in [1.29, 1.82) is 5.26 Å². The number of carbonyl (C=O) groups is 1. The maximum absolute atomic E-state index is 13.9. The maximum atomic E-state index is 13.9. The number of benzene rings is 2. The molecule has 1 N–H and O–H groups in total. The van der Waals surface area contributed by atoms with E-state index in [2.05, 4.69) is 10.3 Å². The van der Waals surface area contributed by atoms with Crippen molar-refractivity contribution < 1.29 is 18.3 Å². The van der Waals surface area contributed by atoms with E-state index in [1.165, 1.54) is 43.6 Å². The summed E-state index contributed by atoms with van der Waals surface area (Å²) in [6.45, 7) is 0. The average molecular weight is 386 g/mol. The topological polar surface area (TPSA) is 78.2 Å². The number of nitriles is 1. The zero-order valence-electron chi connectivity index (χ0n) is 13.9. The van der Waals surface area contributed by atoms with E-state index in [0.717, 1.165) is 22.3 Å². The number of carbonyl (C=O) groups excluding carboxylic acids is 1. The Morgan fingerprint density at radius 1 is 1.30 bits per heavy atom. The summed E-state index contributed by atoms with van der Waals surface area (Å²) in [5.74, 6) is -0.779. The number of nitrogens with one attached hydrogen (secondary N) is 1. The van der Waals surface area contributed by atoms with Gasteiger partial charge in [-0.15, -0.1) is 0 Å². The van der Waals surface area contributed by atoms with Crippen LogP contribution in [0.25, 0.3) is 0 Å². The van der Waals surface area contributed by atoms with Crippen LogP contribution in [0.15, 0.2) is 48.7 Å². The number of hydrogen-bond acceptors (Lipinski definition) is 5. The van der Waals surface area contributed by atoms with E-state index in [0.29, 0.717) is 10.8 Å². The molecular weight excluding hydrogens is 374 g/mol. The zero-order valence-corrected chi connectivity index (χ0v) is 14.8. The highest BCUT2D eigenvalue weighted by Crippen LogP contribution is 2.31. The van der Waals surface area contributed by atoms with Gasteiger partial charge in [0.15, 0.2) is 5.13 Å². The molecule has 136 valence electrons. The molecule has 2 aromatic carbocycles. The predicted octanol–water partition coefficient (Wildman–Crippen LogP) is 4.75. The number of anilines is 2. The second kappa shape index (κ2) is 7.80. The minimum absolute atomic E-state index is 0.0423. The van der Waals surface area contributed by atoms with Gasteiger partial charge in [-0.25, -0.2) is 18.6 Å². The van der Waals surface area contributed by atoms with E-state index >= 15 is 0 Å². The molecule has 6 nitrogen and oxygen atoms in total. The summed E-state index contributed by atoms with van der Waals surface area (Å²) in [5, 5.41) is 12.0. The number of hydrogen-bond donors (Lipinski definition) is 1. The molecule has 9 heteroatoms. The lowest BCUT2D eigenvalue weighted by Crippen LogP contribution is -2.31. The minimum atomic E-state index is -0.643. The smallest absolute Gasteiger partial charge is 0.327 e. The van der Waals surface area contributed by atoms with Crippen LogP contribution in [0, 0.1) is 23.0 Å². The van der Waals surface area contributed by atoms with Gasteiger partial charge in [0, 0.05) is 13.1 Å². The van der Waals surface area contributed by atoms with Crippen molar-refractivity contribution in [3.63, 3.8) is 0 Å². The number of nitrogens with zero attached hydrogens (tertiary/aromatic N) is 3. The van der Waals surface area contributed by atoms with Gasteiger partial charge in [-0.3, -0.25) is 10.2 Å². The number of thiazole rings is 1. The molecular formula is C18H12F2N4O2S. The van der Waals surface area contributed by atoms with Crippen molar-refractivity contribution >= 4 is 28.2 Å². The van der Waals surface area contributed by atoms with Crippen molar-refractivity contribution in [2.45, 2.75) is 0 Å². The Morgan fingerprint density at radius 3 is 2.85 bits per heavy atom. The normalized spacial score (nSPS) is 10.1. The first-order valence-electron chi connectivity index (χ1n) is 7.60. The number of amides is 2. The molecule has 0 aliphatic carbocycles. The third kappa shape index (κ3) is 4.37. The molecule has 0 unspecified atom stereocenters. The van der Waals surface area contributed by atoms with Crippen LogP contribution in [0.2, 0.25) is 0 Å². The van der Waals surface area contributed by atoms with Crippen molar-refractivity contribution in [2.75, 3.05) is 17.3 Å². The zero-order chi connectivity index (χ0) is 19.4. The molecule has 1 heterocycles. The summed E-state index contributed by atoms with van der Waals surface area (Å²) in [6, 6.07) is 10.6. The molecule has 3 rings (SSSR count). The molecule has 1 aromatic heterocycles. The average Bonchev–Trinajstić information content (AvgIpc) is 3.08. The lowest BCUT2D eigenvalue weighted by Gasteiger charge is -2.17. The van der Waals surface area contributed by atoms with Gasteiger partial charge in [0.2, 0.25) is 5.06 Å². The van der Waals surface area contributed by atoms with Crippen LogP contribution in [-0.4, -0.2) is 18.1 Å². The molecule has 0 saturated carbocycles. The molecule has 0 radical (unpaired) electrons. The molecule has 27 heavy (non-hydrogen) atoms. The van der Waals surface area contributed by atoms with E-state index in [9.17, 15) is 13.6 Å². The van der Waals surface area contributed by atoms with Gasteiger partial charge >= 0.3 is 6.03 Å². The van der Waals surface area contributed by atoms with Gasteiger partial charge in [0.05, 0.1) is 23.5 Å². The number of aromatic nitrogens is 1. The molecule has 0 saturated heterocycles. The van der Waals surface area contributed by atoms with E-state index in [4.69, 9.17) is 10.00 Å². The highest BCUT2D eigenvalue weighted by Gasteiger charge is 2.17. The summed E-state index contributed by atoms with van der Waals surface area (Å²) in [5.41, 5.74) is 0.186. The van der Waals surface area contributed by atoms with Crippen LogP contribution in [0.3, 0.4) is 0 Å². The number of ether oxygens (including phenoxy) is 1. The Labute approximate surface area is 157 Å². The van der Waals surface area contributed by atoms with Crippen LogP contribution in [0.4, 0.5) is 24.4 Å². The van der Waals surface area contributed by atoms with Crippen molar-refractivity contribution in [1.82, 2.24) is 4.98 Å². The predicted molar refractivity (Wildman–Crippen MR) is 97.1 cm³/mol. The van der Waals surface area contributed by atoms with Gasteiger partial charge in [-0.05, 0) is 30.3 Å². The Morgan fingerprint density at radius 2 is 2.11 bits per heavy atom. The molecule has 0 spiro atoms. The lowest BCUT2D eigenvalue weighted by atomic mass is 10.2. The lowest BCUT2D eigenvalue weighted by molar-refractivity contribution is 0.258. The second-order valence-electron chi connectivity index (χ2n) is 5.31. The summed E-state index contributed by atoms with van der Waals surface area (Å²) in [4.78, 5) is 17.4. The fourth-order valence-electron chi connectivity index (χ4n) is 2.13. The Kier molecular flexibility index (Phi) is 5.28. The number of rotatable bonds is 4. The fourth-order valence-corrected chi connectivity index (χ4v) is 2.81. The molecule has 3 aromatic rings. The standard InChI is InChI=1S/C18H12F2N4O2S/c1-24(15-7-11(9-21)5-6-14(15)20)18(25)23-17-22-10-16(27-17)26-13-4-2-3-12(19)8-13/h2-8,10H,1H3,(H,22,23,25). The van der Waals surface area contributed by atoms with Crippen LogP contribution >= 0.6 is 11.3 Å². The molecule has 0 aliphatic rings. The molecule has 0 fully saturated rings. The number of halogens is 2. The van der Waals surface area contributed by atoms with Gasteiger partial charge in [0.25, 0.3) is 0 Å². The van der Waals surface area contributed by atoms with Gasteiger partial charge in [-0.1, -0.05) is 17.4 Å². The van der Waals surface area contributed by atoms with E-state index < -0.39 is 17.7 Å². The van der Waals surface area contributed by atoms with E-state index in [-0.39, 0.29) is 16.4 Å². The summed E-state index contributed by atoms with van der Waals surface area (Å²) < 4.78 is 32.6. The minimum Gasteiger partial charge on any atom is -0.445 e. The highest BCUT2D eigenvalue weighted by atomic mass is 32.1. The summed E-state index contributed by atoms with van der Waals surface area (Å²) in [6.07, 6.45) is 1.38. The first kappa shape index (κ1) is 18.3. The molecule has 2 amide bonds. The quantitative estimate of drug-likeness (QED) is 0.702. The van der Waals surface area contributed by atoms with E-state index in [1.54, 1.807) is 6.07 Å². The first-order chi connectivity index (χ1) is 13.0. The maximum Gasteiger partial charge on any atom is 0.327 e. The molecule has 0 aliphatic heterocycles. The third-order valence-corrected chi connectivity index (χ3v) is 4.24. The molecule has 0 bridgehead atoms. The Balaban J connectivity index is 1.70. The van der Waals surface area contributed by atoms with Crippen LogP contribution in [-0.2, 0) is 0 Å². The monoisotopic (exact) mass is 386 g/mol. The molecule has 0 atom stereocenters. The van der Waals surface area contributed by atoms with Crippen molar-refractivity contribution in [3.8, 4) is 16.9 Å². The van der Waals surface area contributed by atoms with Crippen LogP contribution in [0.5, 0.6) is 10.8 Å². The third-order valence-electron chi connectivity index (χ3n) is 3.45. The van der Waals surface area contributed by atoms with Crippen LogP contribution < -0.4 is 15.0 Å². The van der Waals surface area contributed by atoms with Gasteiger partial charge in [0.1, 0.15) is 17.4 Å². The SMILES string of the molecule is CN(C(=O)Nc1ncc(Oc2cccc(F)c2)s1)c1cc(C#N)ccc1F. The second-order valence-corrected chi connectivity index (χ2v) is 6.30. The Bertz CT molecular complexity index is 1030. The van der Waals surface area contributed by atoms with Gasteiger partial charge < -0.3 is 4.74 Å². The summed E-state index contributed by atoms with van der Waals surface area (Å²) in [7, 11) is 1.37. The largest absolute Gasteiger partial charge is 0.445 e. The van der Waals surface area contributed by atoms with Crippen molar-refractivity contribution in [3.05, 3.63) is 65.9 Å². The fraction of sp³-hybridized carbons (Fsp3) is 0.0556. The Hall–Kier alpha value is -3.51.